The minimum absolute atomic E-state index is 0.0479. The summed E-state index contributed by atoms with van der Waals surface area (Å²) in [6.07, 6.45) is 2.76. The molecular weight excluding hydrogens is 302 g/mol. The van der Waals surface area contributed by atoms with Crippen molar-refractivity contribution in [3.63, 3.8) is 0 Å². The Morgan fingerprint density at radius 2 is 2.04 bits per heavy atom. The number of aryl methyl sites for hydroxylation is 2. The molecule has 1 atom stereocenters. The van der Waals surface area contributed by atoms with E-state index >= 15 is 0 Å². The molecule has 1 unspecified atom stereocenters. The fourth-order valence-corrected chi connectivity index (χ4v) is 3.54. The smallest absolute Gasteiger partial charge is 0.317 e. The largest absolute Gasteiger partial charge is 0.377 e. The Morgan fingerprint density at radius 1 is 1.25 bits per heavy atom. The van der Waals surface area contributed by atoms with Gasteiger partial charge >= 0.3 is 6.03 Å². The Balaban J connectivity index is 1.41. The van der Waals surface area contributed by atoms with Crippen LogP contribution in [-0.2, 0) is 11.3 Å². The summed E-state index contributed by atoms with van der Waals surface area (Å²) in [6, 6.07) is 6.40. The van der Waals surface area contributed by atoms with E-state index in [-0.39, 0.29) is 6.03 Å². The Labute approximate surface area is 145 Å². The van der Waals surface area contributed by atoms with Crippen molar-refractivity contribution in [3.8, 4) is 0 Å². The second-order valence-electron chi connectivity index (χ2n) is 7.01. The number of urea groups is 1. The van der Waals surface area contributed by atoms with Gasteiger partial charge in [0.2, 0.25) is 0 Å². The van der Waals surface area contributed by atoms with Crippen LogP contribution in [0.15, 0.2) is 18.2 Å². The van der Waals surface area contributed by atoms with E-state index in [1.807, 2.05) is 4.90 Å². The molecule has 2 aliphatic heterocycles. The highest BCUT2D eigenvalue weighted by atomic mass is 16.5. The summed E-state index contributed by atoms with van der Waals surface area (Å²) in [5.41, 5.74) is 3.67. The molecule has 5 heteroatoms. The average molecular weight is 331 g/mol. The highest BCUT2D eigenvalue weighted by Gasteiger charge is 2.24. The van der Waals surface area contributed by atoms with Crippen molar-refractivity contribution < 1.29 is 9.53 Å². The van der Waals surface area contributed by atoms with Gasteiger partial charge in [0.15, 0.2) is 0 Å². The van der Waals surface area contributed by atoms with Crippen LogP contribution in [-0.4, -0.2) is 61.3 Å². The van der Waals surface area contributed by atoms with Crippen LogP contribution >= 0.6 is 0 Å². The molecule has 0 saturated carbocycles. The minimum atomic E-state index is 0.0479. The maximum absolute atomic E-state index is 12.4. The topological polar surface area (TPSA) is 44.8 Å². The average Bonchev–Trinajstić information content (AvgIpc) is 3.07. The summed E-state index contributed by atoms with van der Waals surface area (Å²) < 4.78 is 5.70. The van der Waals surface area contributed by atoms with E-state index in [0.717, 1.165) is 39.3 Å². The van der Waals surface area contributed by atoms with Crippen molar-refractivity contribution in [3.05, 3.63) is 34.9 Å². The number of hydrogen-bond acceptors (Lipinski definition) is 3. The Kier molecular flexibility index (Phi) is 5.74. The van der Waals surface area contributed by atoms with Gasteiger partial charge in [0, 0.05) is 45.9 Å². The van der Waals surface area contributed by atoms with E-state index in [9.17, 15) is 4.79 Å². The summed E-state index contributed by atoms with van der Waals surface area (Å²) in [6.45, 7) is 10.2. The van der Waals surface area contributed by atoms with E-state index in [1.165, 1.54) is 29.5 Å². The molecule has 0 spiro atoms. The molecule has 1 aromatic rings. The molecule has 0 aromatic heterocycles. The van der Waals surface area contributed by atoms with Crippen molar-refractivity contribution in [1.29, 1.82) is 0 Å². The third-order valence-electron chi connectivity index (χ3n) is 5.07. The van der Waals surface area contributed by atoms with Gasteiger partial charge in [-0.05, 0) is 37.8 Å². The van der Waals surface area contributed by atoms with Gasteiger partial charge < -0.3 is 15.0 Å². The molecule has 0 aliphatic carbocycles. The van der Waals surface area contributed by atoms with Crippen LogP contribution in [0.2, 0.25) is 0 Å². The van der Waals surface area contributed by atoms with Gasteiger partial charge in [-0.15, -0.1) is 0 Å². The number of nitrogens with zero attached hydrogens (tertiary/aromatic N) is 2. The van der Waals surface area contributed by atoms with Crippen molar-refractivity contribution in [2.45, 2.75) is 39.3 Å². The third kappa shape index (κ3) is 4.48. The summed E-state index contributed by atoms with van der Waals surface area (Å²) in [7, 11) is 0. The molecule has 24 heavy (non-hydrogen) atoms. The zero-order chi connectivity index (χ0) is 16.9. The lowest BCUT2D eigenvalue weighted by atomic mass is 10.1. The zero-order valence-electron chi connectivity index (χ0n) is 14.9. The summed E-state index contributed by atoms with van der Waals surface area (Å²) in [5.74, 6) is 0. The summed E-state index contributed by atoms with van der Waals surface area (Å²) >= 11 is 0. The molecule has 2 saturated heterocycles. The lowest BCUT2D eigenvalue weighted by molar-refractivity contribution is 0.0561. The Morgan fingerprint density at radius 3 is 2.71 bits per heavy atom. The highest BCUT2D eigenvalue weighted by Crippen LogP contribution is 2.15. The van der Waals surface area contributed by atoms with E-state index < -0.39 is 0 Å². The predicted molar refractivity (Wildman–Crippen MR) is 95.1 cm³/mol. The SMILES string of the molecule is Cc1ccc(CNC(=O)N2CCN(CC3CCCO3)CC2)c(C)c1. The van der Waals surface area contributed by atoms with E-state index in [0.29, 0.717) is 12.6 Å². The van der Waals surface area contributed by atoms with Crippen molar-refractivity contribution in [2.75, 3.05) is 39.3 Å². The lowest BCUT2D eigenvalue weighted by Gasteiger charge is -2.35. The van der Waals surface area contributed by atoms with E-state index in [1.54, 1.807) is 0 Å². The number of carbonyl (C=O) groups is 1. The number of benzene rings is 1. The summed E-state index contributed by atoms with van der Waals surface area (Å²) in [5, 5.41) is 3.06. The van der Waals surface area contributed by atoms with Gasteiger partial charge in [-0.2, -0.15) is 0 Å². The van der Waals surface area contributed by atoms with Crippen LogP contribution in [0.5, 0.6) is 0 Å². The first kappa shape index (κ1) is 17.2. The number of ether oxygens (including phenoxy) is 1. The first-order valence-electron chi connectivity index (χ1n) is 9.04. The number of piperazine rings is 1. The van der Waals surface area contributed by atoms with Crippen LogP contribution in [0, 0.1) is 13.8 Å². The van der Waals surface area contributed by atoms with Gasteiger partial charge in [-0.25, -0.2) is 4.79 Å². The molecule has 0 radical (unpaired) electrons. The van der Waals surface area contributed by atoms with Crippen molar-refractivity contribution in [2.24, 2.45) is 0 Å². The number of rotatable bonds is 4. The molecule has 1 aromatic carbocycles. The molecule has 132 valence electrons. The molecule has 1 N–H and O–H groups in total. The Bertz CT molecular complexity index is 562. The number of hydrogen-bond donors (Lipinski definition) is 1. The quantitative estimate of drug-likeness (QED) is 0.921. The first-order valence-corrected chi connectivity index (χ1v) is 9.04. The summed E-state index contributed by atoms with van der Waals surface area (Å²) in [4.78, 5) is 16.7. The maximum Gasteiger partial charge on any atom is 0.317 e. The van der Waals surface area contributed by atoms with Gasteiger partial charge in [-0.1, -0.05) is 23.8 Å². The van der Waals surface area contributed by atoms with Gasteiger partial charge in [0.1, 0.15) is 0 Å². The second-order valence-corrected chi connectivity index (χ2v) is 7.01. The van der Waals surface area contributed by atoms with Gasteiger partial charge in [0.05, 0.1) is 6.10 Å². The molecule has 2 aliphatic rings. The molecule has 2 amide bonds. The van der Waals surface area contributed by atoms with E-state index in [4.69, 9.17) is 4.74 Å². The van der Waals surface area contributed by atoms with Crippen LogP contribution in [0.4, 0.5) is 4.79 Å². The van der Waals surface area contributed by atoms with Gasteiger partial charge in [-0.3, -0.25) is 4.90 Å². The molecule has 0 bridgehead atoms. The first-order chi connectivity index (χ1) is 11.6. The maximum atomic E-state index is 12.4. The standard InChI is InChI=1S/C19H29N3O2/c1-15-5-6-17(16(2)12-15)13-20-19(23)22-9-7-21(8-10-22)14-18-4-3-11-24-18/h5-6,12,18H,3-4,7-11,13-14H2,1-2H3,(H,20,23). The predicted octanol–water partition coefficient (Wildman–Crippen LogP) is 2.31. The van der Waals surface area contributed by atoms with Crippen LogP contribution in [0.1, 0.15) is 29.5 Å². The minimum Gasteiger partial charge on any atom is -0.377 e. The van der Waals surface area contributed by atoms with Gasteiger partial charge in [0.25, 0.3) is 0 Å². The lowest BCUT2D eigenvalue weighted by Crippen LogP contribution is -2.52. The molecule has 2 fully saturated rings. The number of nitrogens with one attached hydrogen (secondary N) is 1. The van der Waals surface area contributed by atoms with Crippen LogP contribution in [0.25, 0.3) is 0 Å². The molecular formula is C19H29N3O2. The van der Waals surface area contributed by atoms with E-state index in [2.05, 4.69) is 42.3 Å². The number of carbonyl (C=O) groups excluding carboxylic acids is 1. The molecule has 5 nitrogen and oxygen atoms in total. The normalized spacial score (nSPS) is 21.9. The molecule has 3 rings (SSSR count). The van der Waals surface area contributed by atoms with Crippen LogP contribution < -0.4 is 5.32 Å². The fraction of sp³-hybridized carbons (Fsp3) is 0.632. The third-order valence-corrected chi connectivity index (χ3v) is 5.07. The zero-order valence-corrected chi connectivity index (χ0v) is 14.9. The molecule has 2 heterocycles. The fourth-order valence-electron chi connectivity index (χ4n) is 3.54. The van der Waals surface area contributed by atoms with Crippen molar-refractivity contribution in [1.82, 2.24) is 15.1 Å². The monoisotopic (exact) mass is 331 g/mol. The highest BCUT2D eigenvalue weighted by molar-refractivity contribution is 5.74. The second kappa shape index (κ2) is 7.99. The number of amides is 2. The van der Waals surface area contributed by atoms with Crippen molar-refractivity contribution >= 4 is 6.03 Å². The Hall–Kier alpha value is -1.59. The van der Waals surface area contributed by atoms with Crippen LogP contribution in [0.3, 0.4) is 0 Å².